The largest absolute Gasteiger partial charge is 0.350 e. The zero-order chi connectivity index (χ0) is 18.6. The summed E-state index contributed by atoms with van der Waals surface area (Å²) in [4.78, 5) is 28.2. The Labute approximate surface area is 160 Å². The third kappa shape index (κ3) is 3.61. The average molecular weight is 362 g/mol. The first-order valence-corrected chi connectivity index (χ1v) is 9.99. The molecule has 1 N–H and O–H groups in total. The van der Waals surface area contributed by atoms with Gasteiger partial charge >= 0.3 is 0 Å². The van der Waals surface area contributed by atoms with Crippen LogP contribution in [0.15, 0.2) is 54.6 Å². The Balaban J connectivity index is 1.59. The van der Waals surface area contributed by atoms with E-state index in [1.165, 1.54) is 12.8 Å². The van der Waals surface area contributed by atoms with E-state index >= 15 is 0 Å². The molecule has 1 unspecified atom stereocenters. The summed E-state index contributed by atoms with van der Waals surface area (Å²) < 4.78 is 0. The second-order valence-corrected chi connectivity index (χ2v) is 7.55. The number of benzene rings is 2. The van der Waals surface area contributed by atoms with Crippen LogP contribution in [-0.4, -0.2) is 22.8 Å². The van der Waals surface area contributed by atoms with Crippen LogP contribution in [0.4, 0.5) is 0 Å². The van der Waals surface area contributed by atoms with Crippen molar-refractivity contribution >= 4 is 11.8 Å². The summed E-state index contributed by atoms with van der Waals surface area (Å²) in [6.07, 6.45) is 6.67. The van der Waals surface area contributed by atoms with Crippen molar-refractivity contribution in [1.29, 1.82) is 0 Å². The highest BCUT2D eigenvalue weighted by atomic mass is 16.2. The Morgan fingerprint density at radius 1 is 0.926 bits per heavy atom. The molecule has 0 spiro atoms. The van der Waals surface area contributed by atoms with Gasteiger partial charge in [0.1, 0.15) is 6.04 Å². The lowest BCUT2D eigenvalue weighted by molar-refractivity contribution is -0.126. The molecule has 2 amide bonds. The molecule has 140 valence electrons. The Hall–Kier alpha value is -2.62. The van der Waals surface area contributed by atoms with Gasteiger partial charge in [-0.3, -0.25) is 9.59 Å². The van der Waals surface area contributed by atoms with Crippen LogP contribution in [0.5, 0.6) is 0 Å². The molecule has 2 aromatic carbocycles. The van der Waals surface area contributed by atoms with Crippen molar-refractivity contribution in [3.63, 3.8) is 0 Å². The standard InChI is InChI=1S/C23H26N2O2/c26-22(24-16-17-10-4-3-5-11-17)21-19-14-8-9-15-20(19)23(27)25(21)18-12-6-1-2-7-13-18/h3-5,8-11,14-15,18,21H,1-2,6-7,12-13,16H2,(H,24,26). The lowest BCUT2D eigenvalue weighted by Crippen LogP contribution is -2.44. The Morgan fingerprint density at radius 3 is 2.33 bits per heavy atom. The van der Waals surface area contributed by atoms with Gasteiger partial charge in [0, 0.05) is 18.2 Å². The van der Waals surface area contributed by atoms with Gasteiger partial charge in [0.15, 0.2) is 0 Å². The van der Waals surface area contributed by atoms with Gasteiger partial charge in [-0.05, 0) is 30.0 Å². The molecular weight excluding hydrogens is 336 g/mol. The summed E-state index contributed by atoms with van der Waals surface area (Å²) >= 11 is 0. The smallest absolute Gasteiger partial charge is 0.255 e. The van der Waals surface area contributed by atoms with E-state index in [4.69, 9.17) is 0 Å². The minimum absolute atomic E-state index is 0.0114. The van der Waals surface area contributed by atoms with Gasteiger partial charge < -0.3 is 10.2 Å². The van der Waals surface area contributed by atoms with E-state index in [9.17, 15) is 9.59 Å². The molecule has 4 rings (SSSR count). The van der Waals surface area contributed by atoms with Crippen molar-refractivity contribution in [2.75, 3.05) is 0 Å². The van der Waals surface area contributed by atoms with Crippen molar-refractivity contribution in [3.8, 4) is 0 Å². The maximum Gasteiger partial charge on any atom is 0.255 e. The number of hydrogen-bond donors (Lipinski definition) is 1. The number of nitrogens with zero attached hydrogens (tertiary/aromatic N) is 1. The molecule has 0 saturated heterocycles. The van der Waals surface area contributed by atoms with E-state index in [1.54, 1.807) is 0 Å². The quantitative estimate of drug-likeness (QED) is 0.828. The van der Waals surface area contributed by atoms with Gasteiger partial charge in [0.2, 0.25) is 5.91 Å². The molecule has 1 fully saturated rings. The third-order valence-corrected chi connectivity index (χ3v) is 5.77. The Bertz CT molecular complexity index is 810. The molecule has 1 aliphatic carbocycles. The predicted octanol–water partition coefficient (Wildman–Crippen LogP) is 4.22. The molecule has 1 aliphatic heterocycles. The highest BCUT2D eigenvalue weighted by Gasteiger charge is 2.44. The third-order valence-electron chi connectivity index (χ3n) is 5.77. The molecule has 27 heavy (non-hydrogen) atoms. The van der Waals surface area contributed by atoms with E-state index in [-0.39, 0.29) is 17.9 Å². The number of nitrogens with one attached hydrogen (secondary N) is 1. The van der Waals surface area contributed by atoms with E-state index in [2.05, 4.69) is 5.32 Å². The van der Waals surface area contributed by atoms with E-state index in [0.29, 0.717) is 12.1 Å². The highest BCUT2D eigenvalue weighted by Crippen LogP contribution is 2.38. The van der Waals surface area contributed by atoms with Gasteiger partial charge in [0.25, 0.3) is 5.91 Å². The maximum atomic E-state index is 13.2. The fourth-order valence-electron chi connectivity index (χ4n) is 4.40. The molecule has 4 heteroatoms. The number of fused-ring (bicyclic) bond motifs is 1. The number of rotatable bonds is 4. The zero-order valence-electron chi connectivity index (χ0n) is 15.6. The Morgan fingerprint density at radius 2 is 1.59 bits per heavy atom. The van der Waals surface area contributed by atoms with E-state index in [0.717, 1.165) is 36.8 Å². The minimum Gasteiger partial charge on any atom is -0.350 e. The predicted molar refractivity (Wildman–Crippen MR) is 105 cm³/mol. The lowest BCUT2D eigenvalue weighted by Gasteiger charge is -2.32. The monoisotopic (exact) mass is 362 g/mol. The first-order chi connectivity index (χ1) is 13.3. The zero-order valence-corrected chi connectivity index (χ0v) is 15.6. The van der Waals surface area contributed by atoms with Crippen LogP contribution in [0.3, 0.4) is 0 Å². The van der Waals surface area contributed by atoms with E-state index in [1.807, 2.05) is 59.5 Å². The molecule has 2 aliphatic rings. The number of amides is 2. The molecule has 1 atom stereocenters. The average Bonchev–Trinajstić information content (AvgIpc) is 2.87. The van der Waals surface area contributed by atoms with Crippen molar-refractivity contribution in [2.24, 2.45) is 0 Å². The summed E-state index contributed by atoms with van der Waals surface area (Å²) in [5.74, 6) is -0.0706. The Kier molecular flexibility index (Phi) is 5.23. The molecule has 0 bridgehead atoms. The maximum absolute atomic E-state index is 13.2. The number of carbonyl (C=O) groups is 2. The van der Waals surface area contributed by atoms with Crippen LogP contribution >= 0.6 is 0 Å². The summed E-state index contributed by atoms with van der Waals surface area (Å²) in [6, 6.07) is 17.1. The van der Waals surface area contributed by atoms with Gasteiger partial charge in [-0.2, -0.15) is 0 Å². The van der Waals surface area contributed by atoms with Gasteiger partial charge in [-0.25, -0.2) is 0 Å². The second-order valence-electron chi connectivity index (χ2n) is 7.55. The fourth-order valence-corrected chi connectivity index (χ4v) is 4.40. The van der Waals surface area contributed by atoms with Crippen molar-refractivity contribution < 1.29 is 9.59 Å². The fraction of sp³-hybridized carbons (Fsp3) is 0.391. The van der Waals surface area contributed by atoms with Crippen LogP contribution in [0, 0.1) is 0 Å². The first-order valence-electron chi connectivity index (χ1n) is 9.99. The van der Waals surface area contributed by atoms with Crippen LogP contribution in [0.2, 0.25) is 0 Å². The lowest BCUT2D eigenvalue weighted by atomic mass is 10.0. The molecule has 1 saturated carbocycles. The van der Waals surface area contributed by atoms with Crippen LogP contribution in [0.1, 0.15) is 66.1 Å². The SMILES string of the molecule is O=C(NCc1ccccc1)C1c2ccccc2C(=O)N1C1CCCCCC1. The van der Waals surface area contributed by atoms with Crippen molar-refractivity contribution in [2.45, 2.75) is 57.2 Å². The second kappa shape index (κ2) is 7.95. The van der Waals surface area contributed by atoms with Crippen molar-refractivity contribution in [3.05, 3.63) is 71.3 Å². The minimum atomic E-state index is -0.513. The number of hydrogen-bond acceptors (Lipinski definition) is 2. The van der Waals surface area contributed by atoms with Crippen LogP contribution in [-0.2, 0) is 11.3 Å². The molecule has 0 radical (unpaired) electrons. The topological polar surface area (TPSA) is 49.4 Å². The first kappa shape index (κ1) is 17.8. The van der Waals surface area contributed by atoms with E-state index < -0.39 is 6.04 Å². The van der Waals surface area contributed by atoms with Gasteiger partial charge in [-0.15, -0.1) is 0 Å². The van der Waals surface area contributed by atoms with Crippen molar-refractivity contribution in [1.82, 2.24) is 10.2 Å². The van der Waals surface area contributed by atoms with Gasteiger partial charge in [-0.1, -0.05) is 74.2 Å². The van der Waals surface area contributed by atoms with Gasteiger partial charge in [0.05, 0.1) is 0 Å². The summed E-state index contributed by atoms with van der Waals surface area (Å²) in [7, 11) is 0. The highest BCUT2D eigenvalue weighted by molar-refractivity contribution is 6.04. The normalized spacial score (nSPS) is 20.2. The molecule has 2 aromatic rings. The van der Waals surface area contributed by atoms with Crippen LogP contribution < -0.4 is 5.32 Å². The number of carbonyl (C=O) groups excluding carboxylic acids is 2. The summed E-state index contributed by atoms with van der Waals surface area (Å²) in [5, 5.41) is 3.05. The molecule has 0 aromatic heterocycles. The summed E-state index contributed by atoms with van der Waals surface area (Å²) in [6.45, 7) is 0.477. The molecule has 1 heterocycles. The van der Waals surface area contributed by atoms with Crippen LogP contribution in [0.25, 0.3) is 0 Å². The molecular formula is C23H26N2O2. The molecule has 4 nitrogen and oxygen atoms in total. The summed E-state index contributed by atoms with van der Waals surface area (Å²) in [5.41, 5.74) is 2.59.